The van der Waals surface area contributed by atoms with Gasteiger partial charge in [0.15, 0.2) is 0 Å². The minimum absolute atomic E-state index is 0.143. The van der Waals surface area contributed by atoms with E-state index < -0.39 is 28.9 Å². The van der Waals surface area contributed by atoms with Gasteiger partial charge in [-0.05, 0) is 87.6 Å². The monoisotopic (exact) mass is 575 g/mol. The molecule has 0 saturated carbocycles. The third kappa shape index (κ3) is 7.51. The summed E-state index contributed by atoms with van der Waals surface area (Å²) in [5.74, 6) is -1.52. The van der Waals surface area contributed by atoms with Gasteiger partial charge in [-0.2, -0.15) is 0 Å². The average Bonchev–Trinajstić information content (AvgIpc) is 3.34. The molecule has 42 heavy (non-hydrogen) atoms. The number of amides is 2. The largest absolute Gasteiger partial charge is 0.444 e. The van der Waals surface area contributed by atoms with Crippen LogP contribution in [0.1, 0.15) is 57.0 Å². The molecular weight excluding hydrogens is 540 g/mol. The number of rotatable bonds is 6. The number of carbonyl (C=O) groups excluding carboxylic acids is 2. The number of benzene rings is 3. The van der Waals surface area contributed by atoms with E-state index in [1.54, 1.807) is 75.9 Å². The van der Waals surface area contributed by atoms with Crippen LogP contribution >= 0.6 is 0 Å². The van der Waals surface area contributed by atoms with Crippen LogP contribution in [0.3, 0.4) is 0 Å². The number of carbonyl (C=O) groups is 2. The molecule has 1 atom stereocenters. The Morgan fingerprint density at radius 2 is 1.71 bits per heavy atom. The fourth-order valence-electron chi connectivity index (χ4n) is 5.02. The summed E-state index contributed by atoms with van der Waals surface area (Å²) in [6, 6.07) is 13.4. The summed E-state index contributed by atoms with van der Waals surface area (Å²) in [5.41, 5.74) is 0.645. The first-order valence-corrected chi connectivity index (χ1v) is 13.7. The maximum Gasteiger partial charge on any atom is 0.407 e. The van der Waals surface area contributed by atoms with Crippen molar-refractivity contribution in [1.82, 2.24) is 10.2 Å². The summed E-state index contributed by atoms with van der Waals surface area (Å²) in [6.07, 6.45) is 0.267. The highest BCUT2D eigenvalue weighted by Crippen LogP contribution is 2.37. The van der Waals surface area contributed by atoms with Crippen molar-refractivity contribution >= 4 is 17.7 Å². The number of nitrogens with zero attached hydrogens (tertiary/aromatic N) is 2. The van der Waals surface area contributed by atoms with Gasteiger partial charge in [0.05, 0.1) is 18.2 Å². The first-order chi connectivity index (χ1) is 19.6. The van der Waals surface area contributed by atoms with Crippen LogP contribution in [0.15, 0.2) is 54.6 Å². The van der Waals surface area contributed by atoms with E-state index in [2.05, 4.69) is 10.2 Å². The maximum absolute atomic E-state index is 15.4. The quantitative estimate of drug-likeness (QED) is 0.313. The van der Waals surface area contributed by atoms with Gasteiger partial charge in [0, 0.05) is 30.6 Å². The number of likely N-dealkylation sites (tertiary alicyclic amines) is 1. The third-order valence-electron chi connectivity index (χ3n) is 6.80. The number of nitrogens with one attached hydrogen (secondary N) is 1. The molecule has 2 N–H and O–H groups in total. The van der Waals surface area contributed by atoms with Crippen molar-refractivity contribution in [3.05, 3.63) is 88.8 Å². The van der Waals surface area contributed by atoms with Gasteiger partial charge in [-0.1, -0.05) is 30.3 Å². The molecule has 0 unspecified atom stereocenters. The van der Waals surface area contributed by atoms with E-state index in [0.29, 0.717) is 47.3 Å². The van der Waals surface area contributed by atoms with Crippen LogP contribution in [0.2, 0.25) is 0 Å². The molecule has 0 aromatic heterocycles. The topological polar surface area (TPSA) is 83.2 Å². The molecule has 4 rings (SSSR count). The molecule has 1 heterocycles. The molecule has 0 aliphatic carbocycles. The van der Waals surface area contributed by atoms with Gasteiger partial charge in [-0.15, -0.1) is 0 Å². The summed E-state index contributed by atoms with van der Waals surface area (Å²) in [4.78, 5) is 30.5. The van der Waals surface area contributed by atoms with Crippen LogP contribution in [-0.2, 0) is 11.2 Å². The Hall–Kier alpha value is -4.29. The van der Waals surface area contributed by atoms with Crippen LogP contribution in [0.5, 0.6) is 0 Å². The zero-order valence-electron chi connectivity index (χ0n) is 24.4. The van der Waals surface area contributed by atoms with Crippen molar-refractivity contribution in [2.24, 2.45) is 0 Å². The minimum Gasteiger partial charge on any atom is -0.444 e. The molecule has 1 aliphatic rings. The molecule has 0 bridgehead atoms. The minimum atomic E-state index is -1.01. The Morgan fingerprint density at radius 1 is 1.00 bits per heavy atom. The number of hydrogen-bond acceptors (Lipinski definition) is 4. The van der Waals surface area contributed by atoms with E-state index in [-0.39, 0.29) is 29.6 Å². The standard InChI is InChI=1S/C33H35F2N3O4/c1-32(2,3)42-31(40)37-23-13-14-38(19-23)30(39)22-8-11-24(25-10-7-20(15-27(25)34)18-33(4,5)41)26(16-22)21-9-12-29(36-6)28(35)17-21/h7-12,15-17,23,41H,13-14,18-19H2,1-5H3,(H,37,40)/t23-/m0/s1. The first-order valence-electron chi connectivity index (χ1n) is 13.7. The first kappa shape index (κ1) is 30.7. The van der Waals surface area contributed by atoms with Crippen molar-refractivity contribution in [2.45, 2.75) is 64.7 Å². The molecular formula is C33H35F2N3O4. The molecule has 0 radical (unpaired) electrons. The Labute approximate surface area is 244 Å². The lowest BCUT2D eigenvalue weighted by Gasteiger charge is -2.22. The van der Waals surface area contributed by atoms with Gasteiger partial charge >= 0.3 is 6.09 Å². The smallest absolute Gasteiger partial charge is 0.407 e. The molecule has 9 heteroatoms. The second-order valence-corrected chi connectivity index (χ2v) is 12.2. The Balaban J connectivity index is 1.67. The average molecular weight is 576 g/mol. The van der Waals surface area contributed by atoms with E-state index in [4.69, 9.17) is 11.3 Å². The second-order valence-electron chi connectivity index (χ2n) is 12.2. The molecule has 3 aromatic carbocycles. The Morgan fingerprint density at radius 3 is 2.33 bits per heavy atom. The van der Waals surface area contributed by atoms with Gasteiger partial charge in [-0.25, -0.2) is 18.4 Å². The van der Waals surface area contributed by atoms with Crippen molar-refractivity contribution < 1.29 is 28.2 Å². The lowest BCUT2D eigenvalue weighted by Crippen LogP contribution is -2.41. The molecule has 1 fully saturated rings. The highest BCUT2D eigenvalue weighted by atomic mass is 19.1. The predicted molar refractivity (Wildman–Crippen MR) is 157 cm³/mol. The zero-order valence-corrected chi connectivity index (χ0v) is 24.4. The molecule has 1 aliphatic heterocycles. The molecule has 7 nitrogen and oxygen atoms in total. The Bertz CT molecular complexity index is 1550. The lowest BCUT2D eigenvalue weighted by molar-refractivity contribution is 0.0502. The zero-order chi connectivity index (χ0) is 30.8. The van der Waals surface area contributed by atoms with E-state index in [0.717, 1.165) is 0 Å². The lowest BCUT2D eigenvalue weighted by atomic mass is 9.90. The van der Waals surface area contributed by atoms with Crippen molar-refractivity contribution in [3.63, 3.8) is 0 Å². The highest BCUT2D eigenvalue weighted by molar-refractivity contribution is 5.98. The number of ether oxygens (including phenoxy) is 1. The summed E-state index contributed by atoms with van der Waals surface area (Å²) in [6.45, 7) is 16.5. The summed E-state index contributed by atoms with van der Waals surface area (Å²) in [7, 11) is 0. The van der Waals surface area contributed by atoms with E-state index in [9.17, 15) is 19.1 Å². The number of halogens is 2. The van der Waals surface area contributed by atoms with Gasteiger partial charge in [0.25, 0.3) is 5.91 Å². The van der Waals surface area contributed by atoms with Crippen molar-refractivity contribution in [1.29, 1.82) is 0 Å². The van der Waals surface area contributed by atoms with Gasteiger partial charge in [0.1, 0.15) is 17.2 Å². The third-order valence-corrected chi connectivity index (χ3v) is 6.80. The Kier molecular flexibility index (Phi) is 8.69. The van der Waals surface area contributed by atoms with Gasteiger partial charge in [-0.3, -0.25) is 4.79 Å². The van der Waals surface area contributed by atoms with E-state index in [1.165, 1.54) is 18.2 Å². The molecule has 2 amide bonds. The fraction of sp³-hybridized carbons (Fsp3) is 0.364. The van der Waals surface area contributed by atoms with Crippen LogP contribution in [0.25, 0.3) is 27.1 Å². The summed E-state index contributed by atoms with van der Waals surface area (Å²) >= 11 is 0. The predicted octanol–water partition coefficient (Wildman–Crippen LogP) is 6.90. The van der Waals surface area contributed by atoms with Gasteiger partial charge < -0.3 is 20.1 Å². The SMILES string of the molecule is [C-]#[N+]c1ccc(-c2cc(C(=O)N3CC[C@H](NC(=O)OC(C)(C)C)C3)ccc2-c2ccc(CC(C)(C)O)cc2F)cc1F. The van der Waals surface area contributed by atoms with E-state index >= 15 is 4.39 Å². The van der Waals surface area contributed by atoms with Crippen LogP contribution in [0.4, 0.5) is 19.3 Å². The van der Waals surface area contributed by atoms with Gasteiger partial charge in [0.2, 0.25) is 5.69 Å². The van der Waals surface area contributed by atoms with Crippen LogP contribution in [0, 0.1) is 18.2 Å². The fourth-order valence-corrected chi connectivity index (χ4v) is 5.02. The van der Waals surface area contributed by atoms with Crippen molar-refractivity contribution in [2.75, 3.05) is 13.1 Å². The molecule has 0 spiro atoms. The number of aliphatic hydroxyl groups is 1. The van der Waals surface area contributed by atoms with E-state index in [1.807, 2.05) is 0 Å². The number of alkyl carbamates (subject to hydrolysis) is 1. The number of hydrogen-bond donors (Lipinski definition) is 2. The van der Waals surface area contributed by atoms with Crippen LogP contribution < -0.4 is 5.32 Å². The summed E-state index contributed by atoms with van der Waals surface area (Å²) in [5, 5.41) is 12.9. The molecule has 1 saturated heterocycles. The normalized spacial score (nSPS) is 15.3. The second kappa shape index (κ2) is 11.9. The molecule has 3 aromatic rings. The summed E-state index contributed by atoms with van der Waals surface area (Å²) < 4.78 is 35.4. The highest BCUT2D eigenvalue weighted by Gasteiger charge is 2.30. The van der Waals surface area contributed by atoms with Crippen molar-refractivity contribution in [3.8, 4) is 22.3 Å². The molecule has 220 valence electrons. The van der Waals surface area contributed by atoms with Crippen LogP contribution in [-0.4, -0.2) is 52.3 Å². The maximum atomic E-state index is 15.4.